The largest absolute Gasteiger partial charge is 0.331 e. The average Bonchev–Trinajstić information content (AvgIpc) is 2.74. The summed E-state index contributed by atoms with van der Waals surface area (Å²) in [7, 11) is 0. The van der Waals surface area contributed by atoms with Gasteiger partial charge in [-0.1, -0.05) is 12.1 Å². The molecule has 1 heterocycles. The van der Waals surface area contributed by atoms with E-state index in [1.54, 1.807) is 4.68 Å². The van der Waals surface area contributed by atoms with Gasteiger partial charge in [0.05, 0.1) is 5.69 Å². The molecule has 0 unspecified atom stereocenters. The Morgan fingerprint density at radius 3 is 2.64 bits per heavy atom. The predicted octanol–water partition coefficient (Wildman–Crippen LogP) is 1.83. The second-order valence-electron chi connectivity index (χ2n) is 5.08. The van der Waals surface area contributed by atoms with Crippen LogP contribution >= 0.6 is 12.2 Å². The zero-order valence-electron chi connectivity index (χ0n) is 12.8. The Hall–Kier alpha value is -2.41. The van der Waals surface area contributed by atoms with Crippen molar-refractivity contribution in [1.29, 1.82) is 0 Å². The summed E-state index contributed by atoms with van der Waals surface area (Å²) in [6.07, 6.45) is 0. The molecule has 7 heteroatoms. The van der Waals surface area contributed by atoms with Gasteiger partial charge in [-0.2, -0.15) is 5.10 Å². The van der Waals surface area contributed by atoms with Crippen molar-refractivity contribution < 1.29 is 4.79 Å². The van der Waals surface area contributed by atoms with Gasteiger partial charge in [-0.05, 0) is 56.8 Å². The molecule has 22 heavy (non-hydrogen) atoms. The van der Waals surface area contributed by atoms with E-state index in [0.717, 1.165) is 22.6 Å². The highest BCUT2D eigenvalue weighted by atomic mass is 32.1. The number of rotatable bonds is 3. The lowest BCUT2D eigenvalue weighted by Crippen LogP contribution is -2.45. The first kappa shape index (κ1) is 16.0. The van der Waals surface area contributed by atoms with Crippen molar-refractivity contribution in [2.24, 2.45) is 0 Å². The summed E-state index contributed by atoms with van der Waals surface area (Å²) in [5.74, 6) is -0.223. The van der Waals surface area contributed by atoms with Crippen LogP contribution in [-0.4, -0.2) is 20.8 Å². The number of anilines is 1. The van der Waals surface area contributed by atoms with Crippen molar-refractivity contribution in [2.75, 3.05) is 5.32 Å². The van der Waals surface area contributed by atoms with Crippen molar-refractivity contribution in [3.8, 4) is 0 Å². The number of nitrogens with zero attached hydrogens (tertiary/aromatic N) is 2. The number of hydrogen-bond donors (Lipinski definition) is 3. The number of hydrogen-bond acceptors (Lipinski definition) is 3. The average molecular weight is 317 g/mol. The van der Waals surface area contributed by atoms with Crippen LogP contribution in [0.5, 0.6) is 0 Å². The molecule has 1 amide bonds. The normalized spacial score (nSPS) is 10.1. The van der Waals surface area contributed by atoms with E-state index >= 15 is 0 Å². The first-order valence-corrected chi connectivity index (χ1v) is 7.28. The van der Waals surface area contributed by atoms with Gasteiger partial charge in [0.15, 0.2) is 5.11 Å². The molecule has 0 aliphatic carbocycles. The molecule has 1 aromatic heterocycles. The summed E-state index contributed by atoms with van der Waals surface area (Å²) in [5, 5.41) is 7.56. The monoisotopic (exact) mass is 317 g/mol. The van der Waals surface area contributed by atoms with Crippen LogP contribution in [0.15, 0.2) is 30.3 Å². The zero-order valence-corrected chi connectivity index (χ0v) is 13.6. The van der Waals surface area contributed by atoms with Gasteiger partial charge in [0.25, 0.3) is 5.91 Å². The summed E-state index contributed by atoms with van der Waals surface area (Å²) in [4.78, 5) is 11.9. The number of carbonyl (C=O) groups excluding carboxylic acids is 1. The summed E-state index contributed by atoms with van der Waals surface area (Å²) >= 11 is 5.13. The second kappa shape index (κ2) is 7.04. The molecule has 1 aromatic carbocycles. The molecule has 0 spiro atoms. The Bertz CT molecular complexity index is 695. The quantitative estimate of drug-likeness (QED) is 0.595. The lowest BCUT2D eigenvalue weighted by Gasteiger charge is -2.12. The summed E-state index contributed by atoms with van der Waals surface area (Å²) in [6.45, 7) is 5.93. The molecule has 0 aliphatic rings. The van der Waals surface area contributed by atoms with E-state index in [2.05, 4.69) is 21.3 Å². The Morgan fingerprint density at radius 2 is 2.00 bits per heavy atom. The number of thiocarbonyl (C=S) groups is 1. The molecule has 0 aliphatic heterocycles. The first-order chi connectivity index (χ1) is 10.4. The number of aromatic nitrogens is 2. The van der Waals surface area contributed by atoms with Gasteiger partial charge in [-0.3, -0.25) is 20.3 Å². The van der Waals surface area contributed by atoms with Crippen LogP contribution in [0.3, 0.4) is 0 Å². The molecule has 6 nitrogen and oxygen atoms in total. The number of benzene rings is 1. The standard InChI is InChI=1S/C15H19N5OS/c1-10-5-4-6-13(7-10)16-15(22)18-17-14(21)9-20-12(3)8-11(2)19-20/h4-8H,9H2,1-3H3,(H,17,21)(H2,16,18,22). The molecule has 2 rings (SSSR count). The molecule has 116 valence electrons. The number of aryl methyl sites for hydroxylation is 3. The fourth-order valence-electron chi connectivity index (χ4n) is 2.02. The third-order valence-corrected chi connectivity index (χ3v) is 3.19. The summed E-state index contributed by atoms with van der Waals surface area (Å²) in [6, 6.07) is 9.72. The SMILES string of the molecule is Cc1cccc(NC(=S)NNC(=O)Cn2nc(C)cc2C)c1. The second-order valence-corrected chi connectivity index (χ2v) is 5.49. The Kier molecular flexibility index (Phi) is 5.11. The van der Waals surface area contributed by atoms with E-state index in [9.17, 15) is 4.79 Å². The minimum Gasteiger partial charge on any atom is -0.331 e. The van der Waals surface area contributed by atoms with E-state index in [1.807, 2.05) is 51.1 Å². The topological polar surface area (TPSA) is 71.0 Å². The van der Waals surface area contributed by atoms with Gasteiger partial charge in [0.2, 0.25) is 0 Å². The molecule has 0 saturated carbocycles. The fraction of sp³-hybridized carbons (Fsp3) is 0.267. The van der Waals surface area contributed by atoms with Crippen LogP contribution in [0.1, 0.15) is 17.0 Å². The number of carbonyl (C=O) groups is 1. The first-order valence-electron chi connectivity index (χ1n) is 6.87. The van der Waals surface area contributed by atoms with Crippen molar-refractivity contribution in [2.45, 2.75) is 27.3 Å². The Labute approximate surface area is 134 Å². The molecular formula is C15H19N5OS. The lowest BCUT2D eigenvalue weighted by atomic mass is 10.2. The minimum absolute atomic E-state index is 0.139. The smallest absolute Gasteiger partial charge is 0.260 e. The predicted molar refractivity (Wildman–Crippen MR) is 90.4 cm³/mol. The van der Waals surface area contributed by atoms with Crippen molar-refractivity contribution in [3.05, 3.63) is 47.3 Å². The van der Waals surface area contributed by atoms with E-state index < -0.39 is 0 Å². The van der Waals surface area contributed by atoms with Gasteiger partial charge in [-0.25, -0.2) is 0 Å². The molecule has 0 fully saturated rings. The maximum Gasteiger partial charge on any atom is 0.260 e. The Morgan fingerprint density at radius 1 is 1.23 bits per heavy atom. The number of nitrogens with one attached hydrogen (secondary N) is 3. The highest BCUT2D eigenvalue weighted by molar-refractivity contribution is 7.80. The van der Waals surface area contributed by atoms with Crippen LogP contribution < -0.4 is 16.2 Å². The Balaban J connectivity index is 1.81. The van der Waals surface area contributed by atoms with Gasteiger partial charge < -0.3 is 5.32 Å². The van der Waals surface area contributed by atoms with E-state index in [1.165, 1.54) is 0 Å². The molecule has 0 bridgehead atoms. The zero-order chi connectivity index (χ0) is 16.1. The summed E-state index contributed by atoms with van der Waals surface area (Å²) < 4.78 is 1.64. The van der Waals surface area contributed by atoms with Crippen molar-refractivity contribution >= 4 is 28.9 Å². The third-order valence-electron chi connectivity index (χ3n) is 2.99. The number of hydrazine groups is 1. The highest BCUT2D eigenvalue weighted by Gasteiger charge is 2.07. The van der Waals surface area contributed by atoms with Crippen LogP contribution in [-0.2, 0) is 11.3 Å². The molecule has 0 saturated heterocycles. The molecule has 0 atom stereocenters. The van der Waals surface area contributed by atoms with Gasteiger partial charge in [0.1, 0.15) is 6.54 Å². The molecule has 0 radical (unpaired) electrons. The van der Waals surface area contributed by atoms with Crippen LogP contribution in [0.25, 0.3) is 0 Å². The van der Waals surface area contributed by atoms with Gasteiger partial charge in [-0.15, -0.1) is 0 Å². The fourth-order valence-corrected chi connectivity index (χ4v) is 2.19. The van der Waals surface area contributed by atoms with Gasteiger partial charge in [0, 0.05) is 11.4 Å². The van der Waals surface area contributed by atoms with E-state index in [-0.39, 0.29) is 12.5 Å². The highest BCUT2D eigenvalue weighted by Crippen LogP contribution is 2.08. The van der Waals surface area contributed by atoms with Crippen LogP contribution in [0, 0.1) is 20.8 Å². The maximum absolute atomic E-state index is 11.9. The molecular weight excluding hydrogens is 298 g/mol. The number of amides is 1. The van der Waals surface area contributed by atoms with Gasteiger partial charge >= 0.3 is 0 Å². The summed E-state index contributed by atoms with van der Waals surface area (Å²) in [5.41, 5.74) is 9.04. The third kappa shape index (κ3) is 4.56. The maximum atomic E-state index is 11.9. The van der Waals surface area contributed by atoms with Crippen molar-refractivity contribution in [1.82, 2.24) is 20.6 Å². The van der Waals surface area contributed by atoms with Crippen molar-refractivity contribution in [3.63, 3.8) is 0 Å². The van der Waals surface area contributed by atoms with E-state index in [0.29, 0.717) is 5.11 Å². The van der Waals surface area contributed by atoms with Crippen LogP contribution in [0.4, 0.5) is 5.69 Å². The minimum atomic E-state index is -0.223. The molecule has 2 aromatic rings. The molecule has 3 N–H and O–H groups in total. The van der Waals surface area contributed by atoms with Crippen LogP contribution in [0.2, 0.25) is 0 Å². The van der Waals surface area contributed by atoms with E-state index in [4.69, 9.17) is 12.2 Å². The lowest BCUT2D eigenvalue weighted by molar-refractivity contribution is -0.122.